The van der Waals surface area contributed by atoms with Gasteiger partial charge in [0.05, 0.1) is 5.54 Å². The summed E-state index contributed by atoms with van der Waals surface area (Å²) in [5.41, 5.74) is -0.562. The van der Waals surface area contributed by atoms with Crippen molar-refractivity contribution >= 4 is 11.9 Å². The monoisotopic (exact) mass is 254 g/mol. The molecule has 1 amide bonds. The fourth-order valence-corrected chi connectivity index (χ4v) is 2.58. The van der Waals surface area contributed by atoms with Gasteiger partial charge in [0.15, 0.2) is 0 Å². The van der Waals surface area contributed by atoms with Crippen LogP contribution in [0, 0.1) is 0 Å². The van der Waals surface area contributed by atoms with Gasteiger partial charge in [0.25, 0.3) is 0 Å². The summed E-state index contributed by atoms with van der Waals surface area (Å²) in [4.78, 5) is 24.7. The van der Waals surface area contributed by atoms with Gasteiger partial charge in [-0.25, -0.2) is 0 Å². The minimum atomic E-state index is -0.991. The number of aliphatic carboxylic acids is 1. The van der Waals surface area contributed by atoms with E-state index in [1.807, 2.05) is 6.92 Å². The maximum absolute atomic E-state index is 12.5. The largest absolute Gasteiger partial charge is 0.480 e. The van der Waals surface area contributed by atoms with Crippen molar-refractivity contribution in [3.8, 4) is 0 Å². The first kappa shape index (κ1) is 14.7. The van der Waals surface area contributed by atoms with Gasteiger partial charge in [-0.05, 0) is 25.8 Å². The van der Waals surface area contributed by atoms with Crippen LogP contribution < -0.4 is 5.32 Å². The first-order chi connectivity index (χ1) is 8.55. The summed E-state index contributed by atoms with van der Waals surface area (Å²) in [5, 5.41) is 12.1. The number of carboxylic acids is 1. The zero-order valence-corrected chi connectivity index (χ0v) is 10.9. The minimum Gasteiger partial charge on any atom is -0.480 e. The number of amides is 1. The molecule has 0 aromatic heterocycles. The zero-order valence-electron chi connectivity index (χ0n) is 10.9. The molecule has 0 aromatic carbocycles. The second-order valence-corrected chi connectivity index (χ2v) is 4.73. The topological polar surface area (TPSA) is 69.6 Å². The Bertz CT molecular complexity index is 322. The van der Waals surface area contributed by atoms with Crippen molar-refractivity contribution in [2.75, 3.05) is 19.6 Å². The Hall–Kier alpha value is -1.36. The highest BCUT2D eigenvalue weighted by molar-refractivity contribution is 5.89. The van der Waals surface area contributed by atoms with Gasteiger partial charge in [0.2, 0.25) is 5.91 Å². The van der Waals surface area contributed by atoms with Crippen LogP contribution in [0.5, 0.6) is 0 Å². The van der Waals surface area contributed by atoms with E-state index in [-0.39, 0.29) is 19.0 Å². The molecule has 1 aliphatic rings. The molecule has 2 N–H and O–H groups in total. The highest BCUT2D eigenvalue weighted by atomic mass is 16.4. The fraction of sp³-hybridized carbons (Fsp3) is 0.692. The number of rotatable bonds is 7. The van der Waals surface area contributed by atoms with Gasteiger partial charge in [-0.1, -0.05) is 19.4 Å². The van der Waals surface area contributed by atoms with Gasteiger partial charge < -0.3 is 15.3 Å². The number of hydrogen-bond donors (Lipinski definition) is 2. The highest BCUT2D eigenvalue weighted by Crippen LogP contribution is 2.27. The SMILES string of the molecule is C=CCN(CC(=O)O)C(=O)C1(CCC)CCCN1. The summed E-state index contributed by atoms with van der Waals surface area (Å²) in [6, 6.07) is 0. The standard InChI is InChI=1S/C13H22N2O3/c1-3-6-13(7-5-8-14-13)12(18)15(9-4-2)10-11(16)17/h4,14H,2-3,5-10H2,1H3,(H,16,17). The predicted octanol–water partition coefficient (Wildman–Crippen LogP) is 1.01. The predicted molar refractivity (Wildman–Crippen MR) is 69.3 cm³/mol. The van der Waals surface area contributed by atoms with Crippen LogP contribution >= 0.6 is 0 Å². The number of carboxylic acid groups (broad SMARTS) is 1. The Kier molecular flexibility index (Phi) is 5.34. The van der Waals surface area contributed by atoms with Crippen molar-refractivity contribution in [3.63, 3.8) is 0 Å². The number of carbonyl (C=O) groups excluding carboxylic acids is 1. The van der Waals surface area contributed by atoms with E-state index in [0.29, 0.717) is 0 Å². The molecular formula is C13H22N2O3. The molecule has 0 bridgehead atoms. The van der Waals surface area contributed by atoms with Crippen molar-refractivity contribution < 1.29 is 14.7 Å². The van der Waals surface area contributed by atoms with Crippen molar-refractivity contribution in [3.05, 3.63) is 12.7 Å². The summed E-state index contributed by atoms with van der Waals surface area (Å²) < 4.78 is 0. The fourth-order valence-electron chi connectivity index (χ4n) is 2.58. The Morgan fingerprint density at radius 3 is 2.72 bits per heavy atom. The third kappa shape index (κ3) is 3.32. The van der Waals surface area contributed by atoms with Crippen LogP contribution in [0.3, 0.4) is 0 Å². The lowest BCUT2D eigenvalue weighted by atomic mass is 9.90. The number of nitrogens with one attached hydrogen (secondary N) is 1. The van der Waals surface area contributed by atoms with Crippen LogP contribution in [0.4, 0.5) is 0 Å². The average Bonchev–Trinajstić information content (AvgIpc) is 2.77. The van der Waals surface area contributed by atoms with Crippen LogP contribution in [0.1, 0.15) is 32.6 Å². The third-order valence-corrected chi connectivity index (χ3v) is 3.29. The maximum Gasteiger partial charge on any atom is 0.323 e. The Balaban J connectivity index is 2.84. The van der Waals surface area contributed by atoms with E-state index in [1.165, 1.54) is 4.90 Å². The van der Waals surface area contributed by atoms with Gasteiger partial charge in [-0.15, -0.1) is 6.58 Å². The molecule has 1 saturated heterocycles. The summed E-state index contributed by atoms with van der Waals surface area (Å²) in [5.74, 6) is -1.10. The molecule has 5 heteroatoms. The normalized spacial score (nSPS) is 22.7. The molecule has 1 atom stereocenters. The van der Waals surface area contributed by atoms with E-state index in [4.69, 9.17) is 5.11 Å². The first-order valence-corrected chi connectivity index (χ1v) is 6.43. The summed E-state index contributed by atoms with van der Waals surface area (Å²) in [7, 11) is 0. The summed E-state index contributed by atoms with van der Waals surface area (Å²) in [6.45, 7) is 6.44. The van der Waals surface area contributed by atoms with Gasteiger partial charge in [-0.3, -0.25) is 9.59 Å². The zero-order chi connectivity index (χ0) is 13.6. The minimum absolute atomic E-state index is 0.107. The van der Waals surface area contributed by atoms with E-state index in [1.54, 1.807) is 6.08 Å². The van der Waals surface area contributed by atoms with Gasteiger partial charge in [-0.2, -0.15) is 0 Å². The van der Waals surface area contributed by atoms with Crippen molar-refractivity contribution in [1.82, 2.24) is 10.2 Å². The smallest absolute Gasteiger partial charge is 0.323 e. The number of carbonyl (C=O) groups is 2. The van der Waals surface area contributed by atoms with Gasteiger partial charge in [0, 0.05) is 6.54 Å². The lowest BCUT2D eigenvalue weighted by molar-refractivity contribution is -0.147. The van der Waals surface area contributed by atoms with E-state index in [0.717, 1.165) is 32.2 Å². The summed E-state index contributed by atoms with van der Waals surface area (Å²) in [6.07, 6.45) is 4.95. The van der Waals surface area contributed by atoms with Crippen LogP contribution in [-0.4, -0.2) is 47.1 Å². The number of nitrogens with zero attached hydrogens (tertiary/aromatic N) is 1. The lowest BCUT2D eigenvalue weighted by Gasteiger charge is -2.33. The molecule has 18 heavy (non-hydrogen) atoms. The number of hydrogen-bond acceptors (Lipinski definition) is 3. The molecule has 0 aromatic rings. The van der Waals surface area contributed by atoms with Crippen molar-refractivity contribution in [2.24, 2.45) is 0 Å². The molecule has 1 heterocycles. The Labute approximate surface area is 108 Å². The molecular weight excluding hydrogens is 232 g/mol. The average molecular weight is 254 g/mol. The van der Waals surface area contributed by atoms with Crippen LogP contribution in [0.2, 0.25) is 0 Å². The molecule has 5 nitrogen and oxygen atoms in total. The van der Waals surface area contributed by atoms with E-state index >= 15 is 0 Å². The Morgan fingerprint density at radius 2 is 2.28 bits per heavy atom. The van der Waals surface area contributed by atoms with Crippen molar-refractivity contribution in [2.45, 2.75) is 38.1 Å². The van der Waals surface area contributed by atoms with Crippen LogP contribution in [-0.2, 0) is 9.59 Å². The van der Waals surface area contributed by atoms with E-state index in [2.05, 4.69) is 11.9 Å². The summed E-state index contributed by atoms with van der Waals surface area (Å²) >= 11 is 0. The second kappa shape index (κ2) is 6.54. The molecule has 1 unspecified atom stereocenters. The van der Waals surface area contributed by atoms with E-state index in [9.17, 15) is 9.59 Å². The maximum atomic E-state index is 12.5. The molecule has 1 rings (SSSR count). The van der Waals surface area contributed by atoms with Crippen LogP contribution in [0.25, 0.3) is 0 Å². The molecule has 0 aliphatic carbocycles. The van der Waals surface area contributed by atoms with E-state index < -0.39 is 11.5 Å². The molecule has 0 saturated carbocycles. The lowest BCUT2D eigenvalue weighted by Crippen LogP contribution is -2.55. The second-order valence-electron chi connectivity index (χ2n) is 4.73. The molecule has 102 valence electrons. The molecule has 0 spiro atoms. The molecule has 1 aliphatic heterocycles. The van der Waals surface area contributed by atoms with Gasteiger partial charge in [0.1, 0.15) is 6.54 Å². The van der Waals surface area contributed by atoms with Crippen LogP contribution in [0.15, 0.2) is 12.7 Å². The van der Waals surface area contributed by atoms with Gasteiger partial charge >= 0.3 is 5.97 Å². The quantitative estimate of drug-likeness (QED) is 0.665. The first-order valence-electron chi connectivity index (χ1n) is 6.43. The third-order valence-electron chi connectivity index (χ3n) is 3.29. The molecule has 0 radical (unpaired) electrons. The highest BCUT2D eigenvalue weighted by Gasteiger charge is 2.42. The van der Waals surface area contributed by atoms with Crippen molar-refractivity contribution in [1.29, 1.82) is 0 Å². The molecule has 1 fully saturated rings. The Morgan fingerprint density at radius 1 is 1.56 bits per heavy atom.